The van der Waals surface area contributed by atoms with Crippen LogP contribution in [-0.2, 0) is 7.05 Å². The summed E-state index contributed by atoms with van der Waals surface area (Å²) in [5.74, 6) is -0.667. The Hall–Kier alpha value is -1.95. The van der Waals surface area contributed by atoms with E-state index in [0.29, 0.717) is 17.0 Å². The minimum absolute atomic E-state index is 0.410. The molecule has 1 N–H and O–H groups in total. The maximum Gasteiger partial charge on any atom is 0.161 e. The molecule has 1 heterocycles. The van der Waals surface area contributed by atoms with Gasteiger partial charge in [0.25, 0.3) is 0 Å². The Morgan fingerprint density at radius 1 is 1.26 bits per heavy atom. The Morgan fingerprint density at radius 3 is 2.42 bits per heavy atom. The third kappa shape index (κ3) is 2.58. The molecule has 0 saturated heterocycles. The molecule has 6 heteroatoms. The van der Waals surface area contributed by atoms with Crippen LogP contribution in [0, 0.1) is 11.6 Å². The van der Waals surface area contributed by atoms with Crippen molar-refractivity contribution in [3.8, 4) is 5.75 Å². The molecule has 2 aromatic rings. The molecule has 0 amide bonds. The van der Waals surface area contributed by atoms with Crippen LogP contribution in [0.3, 0.4) is 0 Å². The van der Waals surface area contributed by atoms with E-state index in [4.69, 9.17) is 4.74 Å². The molecule has 0 bridgehead atoms. The number of methoxy groups -OCH3 is 1. The van der Waals surface area contributed by atoms with Crippen LogP contribution in [0.5, 0.6) is 5.75 Å². The Kier molecular flexibility index (Phi) is 3.80. The lowest BCUT2D eigenvalue weighted by atomic mass is 10.0. The van der Waals surface area contributed by atoms with E-state index in [2.05, 4.69) is 10.4 Å². The molecule has 19 heavy (non-hydrogen) atoms. The van der Waals surface area contributed by atoms with Crippen LogP contribution in [0.1, 0.15) is 17.3 Å². The van der Waals surface area contributed by atoms with Gasteiger partial charge in [0.2, 0.25) is 0 Å². The third-order valence-corrected chi connectivity index (χ3v) is 2.95. The number of rotatable bonds is 4. The lowest BCUT2D eigenvalue weighted by Gasteiger charge is -2.18. The normalized spacial score (nSPS) is 12.5. The van der Waals surface area contributed by atoms with Gasteiger partial charge < -0.3 is 10.1 Å². The lowest BCUT2D eigenvalue weighted by Crippen LogP contribution is -2.21. The number of halogens is 2. The van der Waals surface area contributed by atoms with Crippen LogP contribution in [0.2, 0.25) is 0 Å². The molecule has 1 unspecified atom stereocenters. The molecular formula is C13H15F2N3O. The molecule has 0 fully saturated rings. The van der Waals surface area contributed by atoms with Gasteiger partial charge in [-0.25, -0.2) is 8.78 Å². The predicted octanol–water partition coefficient (Wildman–Crippen LogP) is 2.02. The van der Waals surface area contributed by atoms with Crippen LogP contribution >= 0.6 is 0 Å². The number of aromatic nitrogens is 2. The smallest absolute Gasteiger partial charge is 0.161 e. The molecule has 0 spiro atoms. The van der Waals surface area contributed by atoms with Gasteiger partial charge in [0.05, 0.1) is 19.3 Å². The largest absolute Gasteiger partial charge is 0.493 e. The van der Waals surface area contributed by atoms with Crippen molar-refractivity contribution in [2.75, 3.05) is 14.2 Å². The first-order valence-corrected chi connectivity index (χ1v) is 5.76. The second kappa shape index (κ2) is 5.36. The molecule has 2 rings (SSSR count). The SMILES string of the molecule is CNC(c1cc(F)cc(F)c1)c1c(OC)cnn1C. The first kappa shape index (κ1) is 13.5. The molecule has 0 aliphatic heterocycles. The van der Waals surface area contributed by atoms with Gasteiger partial charge in [-0.2, -0.15) is 5.10 Å². The van der Waals surface area contributed by atoms with Gasteiger partial charge in [-0.1, -0.05) is 0 Å². The van der Waals surface area contributed by atoms with Crippen molar-refractivity contribution in [1.29, 1.82) is 0 Å². The first-order chi connectivity index (χ1) is 9.06. The van der Waals surface area contributed by atoms with Gasteiger partial charge in [0, 0.05) is 13.1 Å². The summed E-state index contributed by atoms with van der Waals surface area (Å²) >= 11 is 0. The Bertz CT molecular complexity index is 563. The van der Waals surface area contributed by atoms with E-state index in [9.17, 15) is 8.78 Å². The van der Waals surface area contributed by atoms with Gasteiger partial charge in [-0.05, 0) is 24.7 Å². The third-order valence-electron chi connectivity index (χ3n) is 2.95. The number of benzene rings is 1. The van der Waals surface area contributed by atoms with E-state index in [1.165, 1.54) is 19.2 Å². The summed E-state index contributed by atoms with van der Waals surface area (Å²) < 4.78 is 33.5. The molecule has 1 aromatic heterocycles. The number of hydrogen-bond donors (Lipinski definition) is 1. The Balaban J connectivity index is 2.52. The number of ether oxygens (including phenoxy) is 1. The van der Waals surface area contributed by atoms with Gasteiger partial charge in [0.15, 0.2) is 5.75 Å². The summed E-state index contributed by atoms with van der Waals surface area (Å²) in [7, 11) is 4.98. The fourth-order valence-corrected chi connectivity index (χ4v) is 2.12. The highest BCUT2D eigenvalue weighted by molar-refractivity contribution is 5.36. The average Bonchev–Trinajstić information content (AvgIpc) is 2.71. The topological polar surface area (TPSA) is 39.1 Å². The zero-order valence-electron chi connectivity index (χ0n) is 10.9. The molecule has 0 aliphatic rings. The highest BCUT2D eigenvalue weighted by atomic mass is 19.1. The van der Waals surface area contributed by atoms with Crippen molar-refractivity contribution >= 4 is 0 Å². The van der Waals surface area contributed by atoms with Crippen molar-refractivity contribution in [2.24, 2.45) is 7.05 Å². The maximum atomic E-state index is 13.3. The molecular weight excluding hydrogens is 252 g/mol. The fourth-order valence-electron chi connectivity index (χ4n) is 2.12. The number of aryl methyl sites for hydroxylation is 1. The quantitative estimate of drug-likeness (QED) is 0.921. The van der Waals surface area contributed by atoms with Gasteiger partial charge in [0.1, 0.15) is 17.3 Å². The zero-order valence-corrected chi connectivity index (χ0v) is 10.9. The van der Waals surface area contributed by atoms with Crippen molar-refractivity contribution in [1.82, 2.24) is 15.1 Å². The summed E-state index contributed by atoms with van der Waals surface area (Å²) in [5, 5.41) is 7.11. The number of nitrogens with zero attached hydrogens (tertiary/aromatic N) is 2. The standard InChI is InChI=1S/C13H15F2N3O/c1-16-12(8-4-9(14)6-10(15)5-8)13-11(19-3)7-17-18(13)2/h4-7,12,16H,1-3H3. The second-order valence-electron chi connectivity index (χ2n) is 4.15. The average molecular weight is 267 g/mol. The molecule has 102 valence electrons. The summed E-state index contributed by atoms with van der Waals surface area (Å²) in [4.78, 5) is 0. The van der Waals surface area contributed by atoms with Gasteiger partial charge in [-0.3, -0.25) is 4.68 Å². The van der Waals surface area contributed by atoms with Gasteiger partial charge in [-0.15, -0.1) is 0 Å². The summed E-state index contributed by atoms with van der Waals surface area (Å²) in [5.41, 5.74) is 1.18. The summed E-state index contributed by atoms with van der Waals surface area (Å²) in [6.45, 7) is 0. The Morgan fingerprint density at radius 2 is 1.89 bits per heavy atom. The molecule has 4 nitrogen and oxygen atoms in total. The summed E-state index contributed by atoms with van der Waals surface area (Å²) in [6, 6.07) is 3.01. The maximum absolute atomic E-state index is 13.3. The minimum atomic E-state index is -0.614. The van der Waals surface area contributed by atoms with E-state index in [-0.39, 0.29) is 0 Å². The van der Waals surface area contributed by atoms with E-state index >= 15 is 0 Å². The van der Waals surface area contributed by atoms with Crippen LogP contribution in [0.15, 0.2) is 24.4 Å². The van der Waals surface area contributed by atoms with E-state index < -0.39 is 17.7 Å². The monoisotopic (exact) mass is 267 g/mol. The lowest BCUT2D eigenvalue weighted by molar-refractivity contribution is 0.402. The van der Waals surface area contributed by atoms with Crippen LogP contribution in [-0.4, -0.2) is 23.9 Å². The van der Waals surface area contributed by atoms with Crippen molar-refractivity contribution < 1.29 is 13.5 Å². The second-order valence-corrected chi connectivity index (χ2v) is 4.15. The van der Waals surface area contributed by atoms with Gasteiger partial charge >= 0.3 is 0 Å². The molecule has 1 atom stereocenters. The zero-order chi connectivity index (χ0) is 14.0. The number of hydrogen-bond acceptors (Lipinski definition) is 3. The first-order valence-electron chi connectivity index (χ1n) is 5.76. The predicted molar refractivity (Wildman–Crippen MR) is 67.0 cm³/mol. The van der Waals surface area contributed by atoms with Crippen LogP contribution in [0.25, 0.3) is 0 Å². The van der Waals surface area contributed by atoms with Crippen LogP contribution < -0.4 is 10.1 Å². The van der Waals surface area contributed by atoms with Crippen molar-refractivity contribution in [3.63, 3.8) is 0 Å². The van der Waals surface area contributed by atoms with E-state index in [1.54, 1.807) is 25.0 Å². The van der Waals surface area contributed by atoms with Crippen LogP contribution in [0.4, 0.5) is 8.78 Å². The van der Waals surface area contributed by atoms with E-state index in [0.717, 1.165) is 6.07 Å². The molecule has 0 radical (unpaired) electrons. The minimum Gasteiger partial charge on any atom is -0.493 e. The molecule has 0 aliphatic carbocycles. The highest BCUT2D eigenvalue weighted by Gasteiger charge is 2.22. The number of nitrogens with one attached hydrogen (secondary N) is 1. The van der Waals surface area contributed by atoms with E-state index in [1.807, 2.05) is 0 Å². The highest BCUT2D eigenvalue weighted by Crippen LogP contribution is 2.29. The summed E-state index contributed by atoms with van der Waals surface area (Å²) in [6.07, 6.45) is 1.56. The molecule has 0 saturated carbocycles. The van der Waals surface area contributed by atoms with Crippen molar-refractivity contribution in [3.05, 3.63) is 47.3 Å². The Labute approximate surface area is 110 Å². The fraction of sp³-hybridized carbons (Fsp3) is 0.308. The van der Waals surface area contributed by atoms with Crippen molar-refractivity contribution in [2.45, 2.75) is 6.04 Å². The molecule has 1 aromatic carbocycles.